The molecule has 19 heavy (non-hydrogen) atoms. The summed E-state index contributed by atoms with van der Waals surface area (Å²) in [5.41, 5.74) is 0.791. The predicted octanol–water partition coefficient (Wildman–Crippen LogP) is 1.93. The number of aliphatic hydroxyl groups is 1. The smallest absolute Gasteiger partial charge is 0.226 e. The van der Waals surface area contributed by atoms with E-state index in [9.17, 15) is 0 Å². The average Bonchev–Trinajstić information content (AvgIpc) is 3.01. The maximum atomic E-state index is 9.09. The van der Waals surface area contributed by atoms with Crippen LogP contribution in [0, 0.1) is 0 Å². The molecule has 0 bridgehead atoms. The van der Waals surface area contributed by atoms with Crippen LogP contribution in [0.25, 0.3) is 0 Å². The molecular formula is C12H18N4O2S. The van der Waals surface area contributed by atoms with E-state index in [-0.39, 0.29) is 6.61 Å². The van der Waals surface area contributed by atoms with Gasteiger partial charge in [-0.05, 0) is 6.42 Å². The van der Waals surface area contributed by atoms with Gasteiger partial charge in [0.25, 0.3) is 0 Å². The van der Waals surface area contributed by atoms with E-state index in [1.54, 1.807) is 6.20 Å². The molecule has 0 aromatic carbocycles. The van der Waals surface area contributed by atoms with Crippen molar-refractivity contribution < 1.29 is 9.63 Å². The summed E-state index contributed by atoms with van der Waals surface area (Å²) >= 11 is 1.53. The van der Waals surface area contributed by atoms with Crippen LogP contribution in [0.15, 0.2) is 15.9 Å². The second-order valence-corrected chi connectivity index (χ2v) is 5.19. The van der Waals surface area contributed by atoms with Gasteiger partial charge in [0.1, 0.15) is 0 Å². The van der Waals surface area contributed by atoms with Crippen molar-refractivity contribution in [1.29, 1.82) is 0 Å². The van der Waals surface area contributed by atoms with Crippen LogP contribution in [0.3, 0.4) is 0 Å². The molecule has 7 heteroatoms. The summed E-state index contributed by atoms with van der Waals surface area (Å²) in [6.45, 7) is 2.13. The first kappa shape index (κ1) is 14.1. The van der Waals surface area contributed by atoms with Crippen molar-refractivity contribution in [3.8, 4) is 0 Å². The maximum Gasteiger partial charge on any atom is 0.226 e. The van der Waals surface area contributed by atoms with Crippen LogP contribution in [0.4, 0.5) is 0 Å². The van der Waals surface area contributed by atoms with Gasteiger partial charge in [-0.15, -0.1) is 0 Å². The molecule has 0 radical (unpaired) electrons. The van der Waals surface area contributed by atoms with Gasteiger partial charge < -0.3 is 14.2 Å². The quantitative estimate of drug-likeness (QED) is 0.782. The molecule has 0 aliphatic rings. The van der Waals surface area contributed by atoms with Gasteiger partial charge in [-0.25, -0.2) is 4.98 Å². The summed E-state index contributed by atoms with van der Waals surface area (Å²) in [5, 5.41) is 13.9. The van der Waals surface area contributed by atoms with Gasteiger partial charge in [-0.1, -0.05) is 30.3 Å². The fourth-order valence-corrected chi connectivity index (χ4v) is 2.43. The standard InChI is InChI=1S/C12H18N4O2S/c1-3-4-5-11-14-10(15-18-11)8-19-12-13-6-9(7-17)16(12)2/h6,17H,3-5,7-8H2,1-2H3. The number of aryl methyl sites for hydroxylation is 1. The van der Waals surface area contributed by atoms with Crippen molar-refractivity contribution in [3.05, 3.63) is 23.6 Å². The van der Waals surface area contributed by atoms with Gasteiger partial charge in [0.05, 0.1) is 24.3 Å². The second-order valence-electron chi connectivity index (χ2n) is 4.25. The highest BCUT2D eigenvalue weighted by molar-refractivity contribution is 7.98. The molecule has 0 amide bonds. The third-order valence-electron chi connectivity index (χ3n) is 2.79. The fraction of sp³-hybridized carbons (Fsp3) is 0.583. The SMILES string of the molecule is CCCCc1nc(CSc2ncc(CO)n2C)no1. The Morgan fingerprint density at radius 1 is 1.47 bits per heavy atom. The molecule has 1 N–H and O–H groups in total. The lowest BCUT2D eigenvalue weighted by Crippen LogP contribution is -1.97. The Morgan fingerprint density at radius 2 is 2.32 bits per heavy atom. The first-order valence-corrected chi connectivity index (χ1v) is 7.28. The number of aliphatic hydroxyl groups excluding tert-OH is 1. The molecular weight excluding hydrogens is 264 g/mol. The fourth-order valence-electron chi connectivity index (χ4n) is 1.61. The number of hydrogen-bond acceptors (Lipinski definition) is 6. The largest absolute Gasteiger partial charge is 0.390 e. The normalized spacial score (nSPS) is 11.1. The summed E-state index contributed by atoms with van der Waals surface area (Å²) in [6.07, 6.45) is 4.69. The predicted molar refractivity (Wildman–Crippen MR) is 71.6 cm³/mol. The Hall–Kier alpha value is -1.34. The Bertz CT molecular complexity index is 524. The highest BCUT2D eigenvalue weighted by atomic mass is 32.2. The van der Waals surface area contributed by atoms with Crippen LogP contribution in [0.5, 0.6) is 0 Å². The zero-order valence-electron chi connectivity index (χ0n) is 11.2. The van der Waals surface area contributed by atoms with E-state index in [4.69, 9.17) is 9.63 Å². The molecule has 2 rings (SSSR count). The van der Waals surface area contributed by atoms with Gasteiger partial charge in [0, 0.05) is 13.5 Å². The minimum atomic E-state index is -0.00651. The average molecular weight is 282 g/mol. The van der Waals surface area contributed by atoms with Gasteiger partial charge in [-0.2, -0.15) is 4.98 Å². The number of aromatic nitrogens is 4. The van der Waals surface area contributed by atoms with Crippen LogP contribution in [-0.2, 0) is 25.8 Å². The van der Waals surface area contributed by atoms with Crippen molar-refractivity contribution in [1.82, 2.24) is 19.7 Å². The molecule has 0 aliphatic carbocycles. The topological polar surface area (TPSA) is 77.0 Å². The molecule has 0 aliphatic heterocycles. The second kappa shape index (κ2) is 6.72. The Labute approximate surface area is 116 Å². The van der Waals surface area contributed by atoms with Crippen molar-refractivity contribution in [3.63, 3.8) is 0 Å². The molecule has 0 spiro atoms. The van der Waals surface area contributed by atoms with Crippen molar-refractivity contribution >= 4 is 11.8 Å². The molecule has 2 heterocycles. The van der Waals surface area contributed by atoms with Crippen molar-refractivity contribution in [2.75, 3.05) is 0 Å². The van der Waals surface area contributed by atoms with Crippen LogP contribution in [0.2, 0.25) is 0 Å². The van der Waals surface area contributed by atoms with Gasteiger partial charge in [-0.3, -0.25) is 0 Å². The minimum Gasteiger partial charge on any atom is -0.390 e. The summed E-state index contributed by atoms with van der Waals surface area (Å²) < 4.78 is 7.03. The van der Waals surface area contributed by atoms with E-state index in [1.807, 2.05) is 11.6 Å². The van der Waals surface area contributed by atoms with E-state index in [2.05, 4.69) is 22.0 Å². The van der Waals surface area contributed by atoms with Gasteiger partial charge >= 0.3 is 0 Å². The first-order valence-electron chi connectivity index (χ1n) is 6.30. The monoisotopic (exact) mass is 282 g/mol. The number of unbranched alkanes of at least 4 members (excludes halogenated alkanes) is 1. The maximum absolute atomic E-state index is 9.09. The number of rotatable bonds is 7. The van der Waals surface area contributed by atoms with Crippen LogP contribution in [-0.4, -0.2) is 24.8 Å². The minimum absolute atomic E-state index is 0.00651. The molecule has 0 atom stereocenters. The summed E-state index contributed by atoms with van der Waals surface area (Å²) in [4.78, 5) is 8.57. The van der Waals surface area contributed by atoms with Gasteiger partial charge in [0.2, 0.25) is 5.89 Å². The molecule has 0 saturated carbocycles. The number of nitrogens with zero attached hydrogens (tertiary/aromatic N) is 4. The van der Waals surface area contributed by atoms with Crippen molar-refractivity contribution in [2.24, 2.45) is 7.05 Å². The molecule has 2 aromatic rings. The van der Waals surface area contributed by atoms with Gasteiger partial charge in [0.15, 0.2) is 11.0 Å². The summed E-state index contributed by atoms with van der Waals surface area (Å²) in [7, 11) is 1.88. The first-order chi connectivity index (χ1) is 9.24. The molecule has 2 aromatic heterocycles. The zero-order chi connectivity index (χ0) is 13.7. The lowest BCUT2D eigenvalue weighted by atomic mass is 10.2. The van der Waals surface area contributed by atoms with E-state index in [0.717, 1.165) is 30.1 Å². The lowest BCUT2D eigenvalue weighted by Gasteiger charge is -2.01. The van der Waals surface area contributed by atoms with Crippen LogP contribution in [0.1, 0.15) is 37.2 Å². The number of thioether (sulfide) groups is 1. The Balaban J connectivity index is 1.91. The van der Waals surface area contributed by atoms with E-state index < -0.39 is 0 Å². The zero-order valence-corrected chi connectivity index (χ0v) is 12.0. The highest BCUT2D eigenvalue weighted by Crippen LogP contribution is 2.21. The molecule has 104 valence electrons. The lowest BCUT2D eigenvalue weighted by molar-refractivity contribution is 0.271. The molecule has 0 saturated heterocycles. The summed E-state index contributed by atoms with van der Waals surface area (Å²) in [5.74, 6) is 2.00. The van der Waals surface area contributed by atoms with Crippen LogP contribution < -0.4 is 0 Å². The molecule has 0 fully saturated rings. The number of imidazole rings is 1. The Kier molecular flexibility index (Phi) is 4.98. The van der Waals surface area contributed by atoms with Crippen LogP contribution >= 0.6 is 11.8 Å². The van der Waals surface area contributed by atoms with E-state index in [0.29, 0.717) is 17.5 Å². The van der Waals surface area contributed by atoms with E-state index >= 15 is 0 Å². The molecule has 0 unspecified atom stereocenters. The Morgan fingerprint density at radius 3 is 3.00 bits per heavy atom. The third kappa shape index (κ3) is 3.57. The third-order valence-corrected chi connectivity index (χ3v) is 3.83. The number of hydrogen-bond donors (Lipinski definition) is 1. The molecule has 6 nitrogen and oxygen atoms in total. The summed E-state index contributed by atoms with van der Waals surface area (Å²) in [6, 6.07) is 0. The van der Waals surface area contributed by atoms with Crippen molar-refractivity contribution in [2.45, 2.75) is 43.7 Å². The highest BCUT2D eigenvalue weighted by Gasteiger charge is 2.10. The van der Waals surface area contributed by atoms with E-state index in [1.165, 1.54) is 11.8 Å².